The Kier molecular flexibility index (Phi) is 9.32. The zero-order valence-corrected chi connectivity index (χ0v) is 33.7. The van der Waals surface area contributed by atoms with Crippen LogP contribution in [0.5, 0.6) is 0 Å². The van der Waals surface area contributed by atoms with Gasteiger partial charge in [-0.2, -0.15) is 0 Å². The van der Waals surface area contributed by atoms with Crippen LogP contribution in [0, 0.1) is 5.92 Å². The second kappa shape index (κ2) is 14.7. The van der Waals surface area contributed by atoms with Gasteiger partial charge in [0.05, 0.1) is 27.9 Å². The Hall–Kier alpha value is -5.53. The maximum atomic E-state index is 13.3. The summed E-state index contributed by atoms with van der Waals surface area (Å²) in [6, 6.07) is 22.9. The lowest BCUT2D eigenvalue weighted by Crippen LogP contribution is -2.44. The molecule has 13 heteroatoms. The van der Waals surface area contributed by atoms with Crippen LogP contribution in [0.25, 0.3) is 43.3 Å². The van der Waals surface area contributed by atoms with Crippen molar-refractivity contribution in [1.82, 2.24) is 29.7 Å². The number of hydrogen-bond donors (Lipinski definition) is 3. The number of thiophene rings is 1. The van der Waals surface area contributed by atoms with Gasteiger partial charge < -0.3 is 20.4 Å². The highest BCUT2D eigenvalue weighted by Gasteiger charge is 2.32. The molecule has 4 aliphatic heterocycles. The van der Waals surface area contributed by atoms with E-state index in [1.807, 2.05) is 13.0 Å². The van der Waals surface area contributed by atoms with Gasteiger partial charge in [0.1, 0.15) is 10.9 Å². The van der Waals surface area contributed by atoms with Crippen molar-refractivity contribution in [2.75, 3.05) is 49.5 Å². The average Bonchev–Trinajstić information content (AvgIpc) is 3.69. The summed E-state index contributed by atoms with van der Waals surface area (Å²) in [5.74, 6) is 0.415. The lowest BCUT2D eigenvalue weighted by molar-refractivity contribution is -0.135. The maximum Gasteiger partial charge on any atom is 0.329 e. The highest BCUT2D eigenvalue weighted by atomic mass is 32.1. The molecule has 10 rings (SSSR count). The zero-order valence-electron chi connectivity index (χ0n) is 32.9. The Morgan fingerprint density at radius 2 is 1.64 bits per heavy atom. The van der Waals surface area contributed by atoms with E-state index in [9.17, 15) is 19.2 Å². The minimum Gasteiger partial charge on any atom is -0.381 e. The van der Waals surface area contributed by atoms with Crippen LogP contribution in [0.2, 0.25) is 0 Å². The largest absolute Gasteiger partial charge is 0.381 e. The number of nitrogens with zero attached hydrogens (tertiary/aromatic N) is 5. The minimum absolute atomic E-state index is 0.0151. The van der Waals surface area contributed by atoms with Crippen LogP contribution in [0.3, 0.4) is 0 Å². The van der Waals surface area contributed by atoms with Gasteiger partial charge in [0.15, 0.2) is 0 Å². The molecule has 0 aliphatic carbocycles. The van der Waals surface area contributed by atoms with E-state index >= 15 is 0 Å². The van der Waals surface area contributed by atoms with Crippen molar-refractivity contribution in [3.05, 3.63) is 87.7 Å². The van der Waals surface area contributed by atoms with Gasteiger partial charge in [0.25, 0.3) is 5.91 Å². The molecule has 0 radical (unpaired) electrons. The number of nitrogens with one attached hydrogen (secondary N) is 3. The van der Waals surface area contributed by atoms with Crippen molar-refractivity contribution in [2.45, 2.75) is 63.5 Å². The zero-order chi connectivity index (χ0) is 39.7. The SMILES string of the molecule is C[C@@H]1CNc2c(sc3ccc4nc(-c5ccc(N6CCC(CN7CCC(c8ccc9c(c8)n(C)c(=O)n9C8CCC(=O)NC8=O)CC7)CC6)cc5)ccc4c23)C(=O)N1. The van der Waals surface area contributed by atoms with Crippen LogP contribution in [-0.2, 0) is 16.6 Å². The molecule has 2 atom stereocenters. The number of fused-ring (bicyclic) bond motifs is 6. The predicted molar refractivity (Wildman–Crippen MR) is 230 cm³/mol. The van der Waals surface area contributed by atoms with Crippen LogP contribution in [0.15, 0.2) is 71.5 Å². The monoisotopic (exact) mass is 796 g/mol. The molecule has 298 valence electrons. The molecular formula is C45H48N8O4S. The van der Waals surface area contributed by atoms with Crippen LogP contribution >= 0.6 is 11.3 Å². The molecule has 3 N–H and O–H groups in total. The Morgan fingerprint density at radius 3 is 2.41 bits per heavy atom. The van der Waals surface area contributed by atoms with Gasteiger partial charge >= 0.3 is 5.69 Å². The summed E-state index contributed by atoms with van der Waals surface area (Å²) in [5, 5.41) is 11.1. The molecule has 7 heterocycles. The normalized spacial score (nSPS) is 21.3. The molecule has 3 fully saturated rings. The molecule has 3 amide bonds. The first-order chi connectivity index (χ1) is 28.2. The minimum atomic E-state index is -0.666. The Morgan fingerprint density at radius 1 is 0.845 bits per heavy atom. The molecule has 3 saturated heterocycles. The molecule has 0 spiro atoms. The summed E-state index contributed by atoms with van der Waals surface area (Å²) in [4.78, 5) is 61.4. The summed E-state index contributed by atoms with van der Waals surface area (Å²) in [6.07, 6.45) is 5.10. The maximum absolute atomic E-state index is 13.3. The molecule has 12 nitrogen and oxygen atoms in total. The van der Waals surface area contributed by atoms with E-state index in [1.54, 1.807) is 16.2 Å². The molecule has 0 bridgehead atoms. The van der Waals surface area contributed by atoms with Gasteiger partial charge in [0, 0.05) is 72.4 Å². The van der Waals surface area contributed by atoms with Crippen molar-refractivity contribution in [1.29, 1.82) is 0 Å². The Labute approximate surface area is 340 Å². The fourth-order valence-electron chi connectivity index (χ4n) is 9.78. The van der Waals surface area contributed by atoms with E-state index in [1.165, 1.54) is 35.4 Å². The van der Waals surface area contributed by atoms with Gasteiger partial charge in [0.2, 0.25) is 11.8 Å². The number of anilines is 2. The molecule has 3 aromatic heterocycles. The van der Waals surface area contributed by atoms with Crippen LogP contribution in [-0.4, -0.2) is 82.1 Å². The summed E-state index contributed by atoms with van der Waals surface area (Å²) in [7, 11) is 1.76. The molecular weight excluding hydrogens is 749 g/mol. The van der Waals surface area contributed by atoms with Crippen molar-refractivity contribution >= 4 is 72.5 Å². The summed E-state index contributed by atoms with van der Waals surface area (Å²) in [5.41, 5.74) is 7.73. The molecule has 0 saturated carbocycles. The van der Waals surface area contributed by atoms with Gasteiger partial charge in [-0.25, -0.2) is 9.78 Å². The smallest absolute Gasteiger partial charge is 0.329 e. The number of rotatable bonds is 6. The summed E-state index contributed by atoms with van der Waals surface area (Å²) < 4.78 is 4.28. The number of pyridine rings is 1. The number of imidazole rings is 1. The number of amides is 3. The summed E-state index contributed by atoms with van der Waals surface area (Å²) in [6.45, 7) is 8.08. The van der Waals surface area contributed by atoms with Crippen molar-refractivity contribution in [3.8, 4) is 11.3 Å². The van der Waals surface area contributed by atoms with Crippen molar-refractivity contribution in [3.63, 3.8) is 0 Å². The lowest BCUT2D eigenvalue weighted by Gasteiger charge is -2.38. The van der Waals surface area contributed by atoms with E-state index in [-0.39, 0.29) is 30.0 Å². The third-order valence-corrected chi connectivity index (χ3v) is 14.2. The number of hydrogen-bond acceptors (Lipinski definition) is 9. The highest BCUT2D eigenvalue weighted by molar-refractivity contribution is 7.21. The number of aromatic nitrogens is 3. The molecule has 6 aromatic rings. The summed E-state index contributed by atoms with van der Waals surface area (Å²) >= 11 is 1.53. The first kappa shape index (κ1) is 36.8. The van der Waals surface area contributed by atoms with E-state index in [2.05, 4.69) is 86.4 Å². The first-order valence-electron chi connectivity index (χ1n) is 20.7. The standard InChI is InChI=1S/C45H48N8O4S/c1-26-24-46-41-40-32-8-9-33(48-34(32)10-13-38(40)58-42(41)44(56)47-26)29-3-6-31(7-4-29)52-21-15-27(16-22-52)25-51-19-17-28(18-20-51)30-5-11-35-37(23-30)50(2)45(57)53(35)36-12-14-39(54)49-43(36)55/h3-11,13,23,26-28,36,46H,12,14-22,24-25H2,1-2H3,(H,47,56)(H,49,54,55)/t26-,36?/m1/s1. The molecule has 1 unspecified atom stereocenters. The van der Waals surface area contributed by atoms with E-state index < -0.39 is 11.9 Å². The van der Waals surface area contributed by atoms with E-state index in [0.29, 0.717) is 24.8 Å². The van der Waals surface area contributed by atoms with E-state index in [4.69, 9.17) is 4.98 Å². The second-order valence-corrected chi connectivity index (χ2v) is 17.8. The lowest BCUT2D eigenvalue weighted by atomic mass is 9.88. The Bertz CT molecular complexity index is 2660. The van der Waals surface area contributed by atoms with Crippen LogP contribution < -0.4 is 26.5 Å². The molecule has 58 heavy (non-hydrogen) atoms. The number of carbonyl (C=O) groups excluding carboxylic acids is 3. The second-order valence-electron chi connectivity index (χ2n) is 16.7. The van der Waals surface area contributed by atoms with Gasteiger partial charge in [-0.3, -0.25) is 28.8 Å². The van der Waals surface area contributed by atoms with Crippen molar-refractivity contribution in [2.24, 2.45) is 13.0 Å². The van der Waals surface area contributed by atoms with Crippen LogP contribution in [0.1, 0.15) is 72.6 Å². The fourth-order valence-corrected chi connectivity index (χ4v) is 10.9. The quantitative estimate of drug-likeness (QED) is 0.165. The molecule has 3 aromatic carbocycles. The fraction of sp³-hybridized carbons (Fsp3) is 0.400. The van der Waals surface area contributed by atoms with Crippen LogP contribution in [0.4, 0.5) is 11.4 Å². The Balaban J connectivity index is 0.743. The number of carbonyl (C=O) groups is 3. The van der Waals surface area contributed by atoms with E-state index in [0.717, 1.165) is 99.4 Å². The topological polar surface area (TPSA) is 134 Å². The molecule has 4 aliphatic rings. The average molecular weight is 797 g/mol. The third kappa shape index (κ3) is 6.54. The highest BCUT2D eigenvalue weighted by Crippen LogP contribution is 2.41. The number of benzene rings is 3. The van der Waals surface area contributed by atoms with Crippen molar-refractivity contribution < 1.29 is 14.4 Å². The number of aryl methyl sites for hydroxylation is 1. The third-order valence-electron chi connectivity index (χ3n) is 13.0. The predicted octanol–water partition coefficient (Wildman–Crippen LogP) is 6.39. The number of piperidine rings is 3. The van der Waals surface area contributed by atoms with Gasteiger partial charge in [-0.15, -0.1) is 11.3 Å². The first-order valence-corrected chi connectivity index (χ1v) is 21.5. The van der Waals surface area contributed by atoms with Gasteiger partial charge in [-0.1, -0.05) is 18.2 Å². The van der Waals surface area contributed by atoms with Gasteiger partial charge in [-0.05, 0) is 118 Å². The number of imide groups is 1. The number of likely N-dealkylation sites (tertiary alicyclic amines) is 1.